The van der Waals surface area contributed by atoms with Crippen molar-refractivity contribution in [1.82, 2.24) is 0 Å². The van der Waals surface area contributed by atoms with Crippen LogP contribution in [-0.2, 0) is 4.79 Å². The first-order chi connectivity index (χ1) is 5.15. The lowest BCUT2D eigenvalue weighted by molar-refractivity contribution is -0.291. The van der Waals surface area contributed by atoms with Crippen molar-refractivity contribution in [3.8, 4) is 0 Å². The molecule has 1 unspecified atom stereocenters. The van der Waals surface area contributed by atoms with E-state index in [-0.39, 0.29) is 0 Å². The van der Waals surface area contributed by atoms with E-state index >= 15 is 0 Å². The van der Waals surface area contributed by atoms with E-state index in [1.807, 2.05) is 0 Å². The van der Waals surface area contributed by atoms with E-state index < -0.39 is 28.4 Å². The number of rotatable bonds is 1. The van der Waals surface area contributed by atoms with Gasteiger partial charge in [0, 0.05) is 0 Å². The highest BCUT2D eigenvalue weighted by atomic mass is 35.5. The van der Waals surface area contributed by atoms with Crippen LogP contribution in [0.2, 0.25) is 0 Å². The largest absolute Gasteiger partial charge is 0.337 e. The Hall–Kier alpha value is -0.0300. The van der Waals surface area contributed by atoms with Gasteiger partial charge in [-0.25, -0.2) is 0 Å². The molecule has 0 bridgehead atoms. The Morgan fingerprint density at radius 1 is 1.25 bits per heavy atom. The molecule has 0 aliphatic heterocycles. The summed E-state index contributed by atoms with van der Waals surface area (Å²) in [4.78, 5) is 7.34. The maximum Gasteiger partial charge on any atom is 0.337 e. The molecule has 0 radical (unpaired) electrons. The van der Waals surface area contributed by atoms with Crippen molar-refractivity contribution in [2.24, 2.45) is 0 Å². The van der Waals surface area contributed by atoms with E-state index in [1.54, 1.807) is 0 Å². The van der Waals surface area contributed by atoms with Crippen molar-refractivity contribution in [2.45, 2.75) is 23.1 Å². The lowest BCUT2D eigenvalue weighted by Gasteiger charge is -2.47. The molecule has 1 fully saturated rings. The van der Waals surface area contributed by atoms with Crippen LogP contribution in [0.5, 0.6) is 0 Å². The van der Waals surface area contributed by atoms with Crippen molar-refractivity contribution >= 4 is 28.4 Å². The molecular formula is C5H2Cl2F4O. The summed E-state index contributed by atoms with van der Waals surface area (Å²) < 4.78 is 49.1. The van der Waals surface area contributed by atoms with Crippen molar-refractivity contribution in [1.29, 1.82) is 0 Å². The zero-order valence-corrected chi connectivity index (χ0v) is 6.89. The van der Waals surface area contributed by atoms with Gasteiger partial charge in [0.2, 0.25) is 5.24 Å². The van der Waals surface area contributed by atoms with Gasteiger partial charge in [-0.3, -0.25) is 4.79 Å². The standard InChI is InChI=1S/C5H2Cl2F4O/c6-2(12)3(7)1-4(8,9)5(3,10)11/h1H2. The Morgan fingerprint density at radius 3 is 1.75 bits per heavy atom. The third-order valence-corrected chi connectivity index (χ3v) is 2.70. The lowest BCUT2D eigenvalue weighted by Crippen LogP contribution is -2.71. The predicted molar refractivity (Wildman–Crippen MR) is 34.0 cm³/mol. The maximum atomic E-state index is 12.4. The van der Waals surface area contributed by atoms with E-state index in [9.17, 15) is 22.4 Å². The minimum absolute atomic E-state index is 1.42. The topological polar surface area (TPSA) is 17.1 Å². The van der Waals surface area contributed by atoms with Crippen molar-refractivity contribution in [3.63, 3.8) is 0 Å². The third kappa shape index (κ3) is 0.893. The molecule has 0 heterocycles. The van der Waals surface area contributed by atoms with Gasteiger partial charge in [-0.15, -0.1) is 11.6 Å². The van der Waals surface area contributed by atoms with E-state index in [0.717, 1.165) is 0 Å². The van der Waals surface area contributed by atoms with Crippen LogP contribution in [0.3, 0.4) is 0 Å². The molecule has 0 spiro atoms. The number of hydrogen-bond acceptors (Lipinski definition) is 1. The molecule has 1 aliphatic carbocycles. The Labute approximate surface area is 74.6 Å². The molecule has 0 aromatic carbocycles. The maximum absolute atomic E-state index is 12.4. The second-order valence-electron chi connectivity index (χ2n) is 2.53. The van der Waals surface area contributed by atoms with Crippen LogP contribution in [0.4, 0.5) is 17.6 Å². The smallest absolute Gasteiger partial charge is 0.279 e. The molecule has 0 N–H and O–H groups in total. The van der Waals surface area contributed by atoms with Gasteiger partial charge in [0.15, 0.2) is 4.87 Å². The molecule has 0 aromatic heterocycles. The monoisotopic (exact) mass is 224 g/mol. The predicted octanol–water partition coefficient (Wildman–Crippen LogP) is 2.40. The average Bonchev–Trinajstić information content (AvgIpc) is 1.85. The van der Waals surface area contributed by atoms with Gasteiger partial charge in [-0.05, 0) is 11.6 Å². The highest BCUT2D eigenvalue weighted by molar-refractivity contribution is 6.71. The van der Waals surface area contributed by atoms with Crippen LogP contribution >= 0.6 is 23.2 Å². The first-order valence-corrected chi connectivity index (χ1v) is 3.55. The normalized spacial score (nSPS) is 37.2. The molecule has 7 heteroatoms. The van der Waals surface area contributed by atoms with Gasteiger partial charge in [0.25, 0.3) is 0 Å². The van der Waals surface area contributed by atoms with Gasteiger partial charge in [0.1, 0.15) is 0 Å². The Balaban J connectivity index is 2.99. The molecule has 0 aromatic rings. The van der Waals surface area contributed by atoms with Gasteiger partial charge >= 0.3 is 11.8 Å². The second-order valence-corrected chi connectivity index (χ2v) is 3.52. The molecule has 1 nitrogen and oxygen atoms in total. The Morgan fingerprint density at radius 2 is 1.67 bits per heavy atom. The number of hydrogen-bond donors (Lipinski definition) is 0. The van der Waals surface area contributed by atoms with Crippen molar-refractivity contribution < 1.29 is 22.4 Å². The number of halogens is 6. The molecule has 12 heavy (non-hydrogen) atoms. The minimum Gasteiger partial charge on any atom is -0.279 e. The molecule has 70 valence electrons. The number of alkyl halides is 5. The van der Waals surface area contributed by atoms with Gasteiger partial charge < -0.3 is 0 Å². The van der Waals surface area contributed by atoms with E-state index in [2.05, 4.69) is 11.6 Å². The summed E-state index contributed by atoms with van der Waals surface area (Å²) in [6.45, 7) is 0. The fourth-order valence-corrected chi connectivity index (χ4v) is 1.40. The van der Waals surface area contributed by atoms with E-state index in [4.69, 9.17) is 11.6 Å². The van der Waals surface area contributed by atoms with Crippen molar-refractivity contribution in [3.05, 3.63) is 0 Å². The molecule has 0 amide bonds. The number of carbonyl (C=O) groups excluding carboxylic acids is 1. The van der Waals surface area contributed by atoms with Crippen molar-refractivity contribution in [2.75, 3.05) is 0 Å². The van der Waals surface area contributed by atoms with Crippen LogP contribution in [0, 0.1) is 0 Å². The van der Waals surface area contributed by atoms with Gasteiger partial charge in [-0.1, -0.05) is 0 Å². The molecule has 1 rings (SSSR count). The molecular weight excluding hydrogens is 223 g/mol. The molecule has 1 aliphatic rings. The Bertz CT molecular complexity index is 242. The SMILES string of the molecule is O=C(Cl)C1(Cl)CC(F)(F)C1(F)F. The summed E-state index contributed by atoms with van der Waals surface area (Å²) in [6, 6.07) is 0. The lowest BCUT2D eigenvalue weighted by atomic mass is 9.76. The molecule has 1 atom stereocenters. The second kappa shape index (κ2) is 2.26. The summed E-state index contributed by atoms with van der Waals surface area (Å²) in [7, 11) is 0. The third-order valence-electron chi connectivity index (χ3n) is 1.73. The fourth-order valence-electron chi connectivity index (χ4n) is 0.904. The van der Waals surface area contributed by atoms with E-state index in [1.165, 1.54) is 0 Å². The van der Waals surface area contributed by atoms with E-state index in [0.29, 0.717) is 0 Å². The fraction of sp³-hybridized carbons (Fsp3) is 0.800. The Kier molecular flexibility index (Phi) is 1.89. The summed E-state index contributed by atoms with van der Waals surface area (Å²) in [6.07, 6.45) is -1.42. The number of carbonyl (C=O) groups is 1. The zero-order valence-electron chi connectivity index (χ0n) is 5.38. The summed E-state index contributed by atoms with van der Waals surface area (Å²) >= 11 is 9.56. The van der Waals surface area contributed by atoms with Gasteiger partial charge in [-0.2, -0.15) is 17.6 Å². The summed E-state index contributed by atoms with van der Waals surface area (Å²) in [5.41, 5.74) is 0. The summed E-state index contributed by atoms with van der Waals surface area (Å²) in [5.74, 6) is -8.79. The first-order valence-electron chi connectivity index (χ1n) is 2.80. The zero-order chi connectivity index (χ0) is 9.78. The van der Waals surface area contributed by atoms with Crippen LogP contribution in [0.15, 0.2) is 0 Å². The highest BCUT2D eigenvalue weighted by Gasteiger charge is 2.83. The van der Waals surface area contributed by atoms with Crippen LogP contribution < -0.4 is 0 Å². The van der Waals surface area contributed by atoms with Crippen LogP contribution in [-0.4, -0.2) is 22.0 Å². The quantitative estimate of drug-likeness (QED) is 0.380. The average molecular weight is 225 g/mol. The van der Waals surface area contributed by atoms with Crippen LogP contribution in [0.1, 0.15) is 6.42 Å². The molecule has 1 saturated carbocycles. The molecule has 0 saturated heterocycles. The van der Waals surface area contributed by atoms with Gasteiger partial charge in [0.05, 0.1) is 6.42 Å². The highest BCUT2D eigenvalue weighted by Crippen LogP contribution is 2.61. The minimum atomic E-state index is -4.56. The first kappa shape index (κ1) is 10.1. The summed E-state index contributed by atoms with van der Waals surface area (Å²) in [5, 5.41) is -1.65. The van der Waals surface area contributed by atoms with Crippen LogP contribution in [0.25, 0.3) is 0 Å².